The van der Waals surface area contributed by atoms with Gasteiger partial charge in [0, 0.05) is 23.3 Å². The number of thiazole rings is 1. The number of ether oxygens (including phenoxy) is 1. The maximum Gasteiger partial charge on any atom is 0.123 e. The van der Waals surface area contributed by atoms with Crippen molar-refractivity contribution in [2.24, 2.45) is 0 Å². The van der Waals surface area contributed by atoms with Crippen LogP contribution >= 0.6 is 11.3 Å². The molecule has 0 unspecified atom stereocenters. The van der Waals surface area contributed by atoms with Crippen molar-refractivity contribution in [3.63, 3.8) is 0 Å². The van der Waals surface area contributed by atoms with Crippen molar-refractivity contribution in [3.8, 4) is 27.4 Å². The Bertz CT molecular complexity index is 1090. The van der Waals surface area contributed by atoms with Crippen molar-refractivity contribution in [2.75, 3.05) is 0 Å². The minimum atomic E-state index is -1.12. The number of aliphatic carboxylic acids is 1. The summed E-state index contributed by atoms with van der Waals surface area (Å²) in [4.78, 5) is 15.0. The first-order valence-electron chi connectivity index (χ1n) is 9.19. The fourth-order valence-electron chi connectivity index (χ4n) is 2.95. The van der Waals surface area contributed by atoms with Gasteiger partial charge in [0.1, 0.15) is 17.4 Å². The minimum Gasteiger partial charge on any atom is -0.550 e. The van der Waals surface area contributed by atoms with E-state index in [9.17, 15) is 9.90 Å². The van der Waals surface area contributed by atoms with Crippen LogP contribution in [0.2, 0.25) is 0 Å². The van der Waals surface area contributed by atoms with E-state index in [0.29, 0.717) is 12.3 Å². The van der Waals surface area contributed by atoms with Crippen LogP contribution in [0.1, 0.15) is 11.3 Å². The van der Waals surface area contributed by atoms with Gasteiger partial charge < -0.3 is 14.6 Å². The Morgan fingerprint density at radius 3 is 2.21 bits per heavy atom. The lowest BCUT2D eigenvalue weighted by Crippen LogP contribution is -2.24. The molecule has 4 rings (SSSR count). The molecule has 0 spiro atoms. The van der Waals surface area contributed by atoms with Crippen molar-refractivity contribution in [1.82, 2.24) is 4.98 Å². The highest BCUT2D eigenvalue weighted by Crippen LogP contribution is 2.25. The monoisotopic (exact) mass is 400 g/mol. The van der Waals surface area contributed by atoms with E-state index in [1.165, 1.54) is 16.9 Å². The summed E-state index contributed by atoms with van der Waals surface area (Å²) in [5, 5.41) is 13.2. The zero-order chi connectivity index (χ0) is 20.1. The number of nitrogens with zero attached hydrogens (tertiary/aromatic N) is 1. The van der Waals surface area contributed by atoms with E-state index in [4.69, 9.17) is 4.74 Å². The van der Waals surface area contributed by atoms with Gasteiger partial charge in [-0.1, -0.05) is 66.7 Å². The molecule has 0 aliphatic heterocycles. The lowest BCUT2D eigenvalue weighted by atomic mass is 10.1. The molecule has 1 aromatic heterocycles. The number of carbonyl (C=O) groups excluding carboxylic acids is 1. The minimum absolute atomic E-state index is 0.161. The maximum absolute atomic E-state index is 10.7. The zero-order valence-corrected chi connectivity index (χ0v) is 16.4. The van der Waals surface area contributed by atoms with Crippen LogP contribution < -0.4 is 9.84 Å². The first kappa shape index (κ1) is 18.9. The van der Waals surface area contributed by atoms with Gasteiger partial charge >= 0.3 is 0 Å². The van der Waals surface area contributed by atoms with Crippen LogP contribution in [-0.4, -0.2) is 11.0 Å². The Kier molecular flexibility index (Phi) is 5.68. The van der Waals surface area contributed by atoms with Crippen molar-refractivity contribution < 1.29 is 14.6 Å². The van der Waals surface area contributed by atoms with Crippen LogP contribution in [0.15, 0.2) is 84.2 Å². The van der Waals surface area contributed by atoms with Crippen LogP contribution in [0.3, 0.4) is 0 Å². The SMILES string of the molecule is O=C([O-])Cc1csc(-c2ccc(COc3ccc(-c4ccccc4)cc3)cc2)n1. The molecule has 4 aromatic rings. The third-order valence-electron chi connectivity index (χ3n) is 4.45. The number of carboxylic acids is 1. The highest BCUT2D eigenvalue weighted by molar-refractivity contribution is 7.13. The molecule has 0 fully saturated rings. The summed E-state index contributed by atoms with van der Waals surface area (Å²) in [6.07, 6.45) is -0.161. The van der Waals surface area contributed by atoms with Crippen LogP contribution in [0.5, 0.6) is 5.75 Å². The van der Waals surface area contributed by atoms with Gasteiger partial charge in [-0.2, -0.15) is 0 Å². The van der Waals surface area contributed by atoms with Gasteiger partial charge in [-0.05, 0) is 28.8 Å². The Hall–Kier alpha value is -3.44. The molecule has 0 radical (unpaired) electrons. The number of carbonyl (C=O) groups is 1. The molecule has 1 heterocycles. The largest absolute Gasteiger partial charge is 0.550 e. The van der Waals surface area contributed by atoms with Crippen molar-refractivity contribution in [1.29, 1.82) is 0 Å². The Morgan fingerprint density at radius 1 is 0.862 bits per heavy atom. The van der Waals surface area contributed by atoms with E-state index in [0.717, 1.165) is 27.4 Å². The van der Waals surface area contributed by atoms with Gasteiger partial charge in [0.2, 0.25) is 0 Å². The second-order valence-electron chi connectivity index (χ2n) is 6.57. The first-order chi connectivity index (χ1) is 14.2. The summed E-state index contributed by atoms with van der Waals surface area (Å²) in [5.41, 5.74) is 4.86. The van der Waals surface area contributed by atoms with E-state index >= 15 is 0 Å². The van der Waals surface area contributed by atoms with Crippen LogP contribution in [0, 0.1) is 0 Å². The van der Waals surface area contributed by atoms with Crippen molar-refractivity contribution in [2.45, 2.75) is 13.0 Å². The molecule has 4 nitrogen and oxygen atoms in total. The Balaban J connectivity index is 1.37. The predicted molar refractivity (Wildman–Crippen MR) is 112 cm³/mol. The van der Waals surface area contributed by atoms with Crippen LogP contribution in [-0.2, 0) is 17.8 Å². The van der Waals surface area contributed by atoms with Gasteiger partial charge in [0.05, 0.1) is 5.69 Å². The van der Waals surface area contributed by atoms with Crippen molar-refractivity contribution >= 4 is 17.3 Å². The molecule has 5 heteroatoms. The van der Waals surface area contributed by atoms with Gasteiger partial charge in [-0.25, -0.2) is 4.98 Å². The van der Waals surface area contributed by atoms with Crippen LogP contribution in [0.4, 0.5) is 0 Å². The Labute approximate surface area is 173 Å². The molecule has 144 valence electrons. The topological polar surface area (TPSA) is 62.2 Å². The summed E-state index contributed by atoms with van der Waals surface area (Å²) in [6.45, 7) is 0.471. The summed E-state index contributed by atoms with van der Waals surface area (Å²) in [7, 11) is 0. The summed E-state index contributed by atoms with van der Waals surface area (Å²) in [6, 6.07) is 26.2. The van der Waals surface area contributed by atoms with E-state index in [-0.39, 0.29) is 6.42 Å². The molecular weight excluding hydrogens is 382 g/mol. The second-order valence-corrected chi connectivity index (χ2v) is 7.43. The van der Waals surface area contributed by atoms with Gasteiger partial charge in [-0.3, -0.25) is 0 Å². The molecule has 0 saturated carbocycles. The molecule has 3 aromatic carbocycles. The average molecular weight is 400 g/mol. The smallest absolute Gasteiger partial charge is 0.123 e. The third-order valence-corrected chi connectivity index (χ3v) is 5.39. The molecule has 0 amide bonds. The fraction of sp³-hybridized carbons (Fsp3) is 0.0833. The molecule has 0 saturated heterocycles. The number of hydrogen-bond donors (Lipinski definition) is 0. The normalized spacial score (nSPS) is 10.6. The number of benzene rings is 3. The lowest BCUT2D eigenvalue weighted by Gasteiger charge is -2.08. The summed E-state index contributed by atoms with van der Waals surface area (Å²) < 4.78 is 5.89. The Morgan fingerprint density at radius 2 is 1.52 bits per heavy atom. The van der Waals surface area contributed by atoms with E-state index in [1.807, 2.05) is 54.6 Å². The van der Waals surface area contributed by atoms with E-state index < -0.39 is 5.97 Å². The molecule has 0 atom stereocenters. The van der Waals surface area contributed by atoms with Gasteiger partial charge in [-0.15, -0.1) is 11.3 Å². The zero-order valence-electron chi connectivity index (χ0n) is 15.6. The fourth-order valence-corrected chi connectivity index (χ4v) is 3.78. The number of hydrogen-bond acceptors (Lipinski definition) is 5. The predicted octanol–water partition coefficient (Wildman–Crippen LogP) is 4.35. The lowest BCUT2D eigenvalue weighted by molar-refractivity contribution is -0.304. The second kappa shape index (κ2) is 8.71. The van der Waals surface area contributed by atoms with E-state index in [1.54, 1.807) is 5.38 Å². The number of aromatic nitrogens is 1. The maximum atomic E-state index is 10.7. The van der Waals surface area contributed by atoms with Gasteiger partial charge in [0.15, 0.2) is 0 Å². The number of carboxylic acid groups (broad SMARTS) is 1. The van der Waals surface area contributed by atoms with E-state index in [2.05, 4.69) is 29.2 Å². The third kappa shape index (κ3) is 4.89. The van der Waals surface area contributed by atoms with Crippen molar-refractivity contribution in [3.05, 3.63) is 95.5 Å². The van der Waals surface area contributed by atoms with Crippen LogP contribution in [0.25, 0.3) is 21.7 Å². The number of rotatable bonds is 7. The molecule has 29 heavy (non-hydrogen) atoms. The first-order valence-corrected chi connectivity index (χ1v) is 10.1. The highest BCUT2D eigenvalue weighted by Gasteiger charge is 2.06. The molecule has 0 N–H and O–H groups in total. The average Bonchev–Trinajstić information content (AvgIpc) is 3.21. The molecule has 0 bridgehead atoms. The molecule has 0 aliphatic rings. The molecular formula is C24H18NO3S-. The highest BCUT2D eigenvalue weighted by atomic mass is 32.1. The van der Waals surface area contributed by atoms with Gasteiger partial charge in [0.25, 0.3) is 0 Å². The summed E-state index contributed by atoms with van der Waals surface area (Å²) in [5.74, 6) is -0.299. The quantitative estimate of drug-likeness (QED) is 0.463. The molecule has 0 aliphatic carbocycles. The standard InChI is InChI=1S/C24H19NO3S/c26-23(27)14-21-16-29-24(25-21)20-8-6-17(7-9-20)15-28-22-12-10-19(11-13-22)18-4-2-1-3-5-18/h1-13,16H,14-15H2,(H,26,27)/p-1. The summed E-state index contributed by atoms with van der Waals surface area (Å²) >= 11 is 1.43.